The highest BCUT2D eigenvalue weighted by atomic mass is 19.1. The van der Waals surface area contributed by atoms with Gasteiger partial charge in [0.25, 0.3) is 5.91 Å². The highest BCUT2D eigenvalue weighted by Gasteiger charge is 2.12. The van der Waals surface area contributed by atoms with Crippen molar-refractivity contribution in [2.24, 2.45) is 4.99 Å². The van der Waals surface area contributed by atoms with Crippen molar-refractivity contribution in [3.8, 4) is 0 Å². The molecule has 1 heterocycles. The van der Waals surface area contributed by atoms with Gasteiger partial charge in [0.2, 0.25) is 5.62 Å². The Balaban J connectivity index is 2.22. The van der Waals surface area contributed by atoms with Gasteiger partial charge in [0.15, 0.2) is 5.69 Å². The first-order valence-corrected chi connectivity index (χ1v) is 6.81. The van der Waals surface area contributed by atoms with Gasteiger partial charge in [-0.3, -0.25) is 10.2 Å². The molecule has 0 saturated heterocycles. The van der Waals surface area contributed by atoms with Gasteiger partial charge < -0.3 is 15.4 Å². The fourth-order valence-corrected chi connectivity index (χ4v) is 1.92. The average Bonchev–Trinajstić information content (AvgIpc) is 2.55. The Labute approximate surface area is 135 Å². The fourth-order valence-electron chi connectivity index (χ4n) is 1.92. The van der Waals surface area contributed by atoms with E-state index in [-0.39, 0.29) is 29.4 Å². The van der Waals surface area contributed by atoms with Gasteiger partial charge in [0.1, 0.15) is 17.8 Å². The Morgan fingerprint density at radius 3 is 2.83 bits per heavy atom. The Bertz CT molecular complexity index is 876. The number of aryl methyl sites for hydroxylation is 1. The van der Waals surface area contributed by atoms with Gasteiger partial charge in [0, 0.05) is 12.6 Å². The van der Waals surface area contributed by atoms with E-state index < -0.39 is 11.9 Å². The third kappa shape index (κ3) is 4.09. The molecule has 0 radical (unpaired) electrons. The third-order valence-corrected chi connectivity index (χ3v) is 3.08. The van der Waals surface area contributed by atoms with Crippen LogP contribution in [0.5, 0.6) is 0 Å². The minimum Gasteiger partial charge on any atom is -0.477 e. The molecule has 4 N–H and O–H groups in total. The number of hydrogen-bond acceptors (Lipinski definition) is 4. The number of rotatable bonds is 5. The van der Waals surface area contributed by atoms with Crippen molar-refractivity contribution in [2.45, 2.75) is 13.5 Å². The van der Waals surface area contributed by atoms with E-state index in [1.54, 1.807) is 13.0 Å². The van der Waals surface area contributed by atoms with E-state index in [1.807, 2.05) is 0 Å². The lowest BCUT2D eigenvalue weighted by molar-refractivity contribution is 0.0689. The quantitative estimate of drug-likeness (QED) is 0.480. The maximum Gasteiger partial charge on any atom is 0.354 e. The van der Waals surface area contributed by atoms with Crippen LogP contribution in [0.3, 0.4) is 0 Å². The first-order valence-electron chi connectivity index (χ1n) is 6.81. The summed E-state index contributed by atoms with van der Waals surface area (Å²) in [5.74, 6) is -2.24. The monoisotopic (exact) mass is 331 g/mol. The zero-order chi connectivity index (χ0) is 17.7. The number of amides is 1. The van der Waals surface area contributed by atoms with E-state index in [9.17, 15) is 14.0 Å². The number of benzene rings is 1. The molecule has 0 bridgehead atoms. The number of H-pyrrole nitrogens is 1. The summed E-state index contributed by atoms with van der Waals surface area (Å²) in [5.41, 5.74) is 0.531. The average molecular weight is 331 g/mol. The lowest BCUT2D eigenvalue weighted by Crippen LogP contribution is -2.28. The number of carbonyl (C=O) groups excluding carboxylic acids is 1. The number of carbonyl (C=O) groups is 2. The van der Waals surface area contributed by atoms with Gasteiger partial charge in [-0.05, 0) is 24.1 Å². The number of hydrogen-bond donors (Lipinski definition) is 4. The molecule has 2 rings (SSSR count). The van der Waals surface area contributed by atoms with Crippen LogP contribution in [0.2, 0.25) is 0 Å². The molecule has 0 atom stereocenters. The lowest BCUT2D eigenvalue weighted by atomic mass is 10.1. The molecule has 24 heavy (non-hydrogen) atoms. The second-order valence-electron chi connectivity index (χ2n) is 4.83. The van der Waals surface area contributed by atoms with Crippen LogP contribution in [0.15, 0.2) is 29.3 Å². The van der Waals surface area contributed by atoms with E-state index >= 15 is 0 Å². The van der Waals surface area contributed by atoms with Crippen LogP contribution in [0, 0.1) is 18.2 Å². The molecule has 0 unspecified atom stereocenters. The maximum atomic E-state index is 13.2. The number of nitrogens with one attached hydrogen (secondary N) is 3. The van der Waals surface area contributed by atoms with Crippen molar-refractivity contribution < 1.29 is 19.1 Å². The predicted octanol–water partition coefficient (Wildman–Crippen LogP) is 0.993. The van der Waals surface area contributed by atoms with Crippen LogP contribution in [0.1, 0.15) is 32.1 Å². The second kappa shape index (κ2) is 7.27. The van der Waals surface area contributed by atoms with Crippen molar-refractivity contribution in [3.05, 3.63) is 58.2 Å². The topological polar surface area (TPSA) is 131 Å². The van der Waals surface area contributed by atoms with E-state index in [1.165, 1.54) is 12.1 Å². The molecule has 1 amide bonds. The van der Waals surface area contributed by atoms with Gasteiger partial charge in [-0.1, -0.05) is 12.1 Å². The van der Waals surface area contributed by atoms with Crippen molar-refractivity contribution in [1.82, 2.24) is 15.3 Å². The third-order valence-electron chi connectivity index (χ3n) is 3.08. The van der Waals surface area contributed by atoms with E-state index in [0.717, 1.165) is 6.07 Å². The number of nitrogens with zero attached hydrogens (tertiary/aromatic N) is 2. The molecule has 0 aliphatic carbocycles. The van der Waals surface area contributed by atoms with Crippen LogP contribution in [0.25, 0.3) is 0 Å². The SMILES string of the molecule is Cc1cc(CNC(=O)c2cc(C(=O)O)n/c(=N/C=N)[nH]2)ccc1F. The Kier molecular flexibility index (Phi) is 5.15. The highest BCUT2D eigenvalue weighted by molar-refractivity contribution is 5.94. The van der Waals surface area contributed by atoms with Gasteiger partial charge in [-0.15, -0.1) is 0 Å². The van der Waals surface area contributed by atoms with Gasteiger partial charge in [-0.25, -0.2) is 19.2 Å². The Morgan fingerprint density at radius 1 is 1.46 bits per heavy atom. The molecule has 0 aliphatic rings. The molecule has 1 aromatic carbocycles. The maximum absolute atomic E-state index is 13.2. The number of aromatic amines is 1. The molecule has 0 aliphatic heterocycles. The van der Waals surface area contributed by atoms with Crippen LogP contribution in [-0.2, 0) is 6.54 Å². The zero-order valence-corrected chi connectivity index (χ0v) is 12.6. The van der Waals surface area contributed by atoms with E-state index in [2.05, 4.69) is 20.3 Å². The molecular weight excluding hydrogens is 317 g/mol. The number of carboxylic acids is 1. The standard InChI is InChI=1S/C15H14FN5O3/c1-8-4-9(2-3-10(8)16)6-18-13(22)11-5-12(14(23)24)21-15(20-11)19-7-17/h2-5,7H,6H2,1H3,(H,18,22)(H,23,24)(H2,17,19,20,21). The normalized spacial score (nSPS) is 11.2. The van der Waals surface area contributed by atoms with Crippen molar-refractivity contribution in [2.75, 3.05) is 0 Å². The Hall–Kier alpha value is -3.36. The van der Waals surface area contributed by atoms with Crippen molar-refractivity contribution >= 4 is 18.2 Å². The molecular formula is C15H14FN5O3. The number of halogens is 1. The Morgan fingerprint density at radius 2 is 2.21 bits per heavy atom. The summed E-state index contributed by atoms with van der Waals surface area (Å²) in [6.45, 7) is 1.75. The minimum atomic E-state index is -1.33. The summed E-state index contributed by atoms with van der Waals surface area (Å²) in [5, 5.41) is 18.5. The van der Waals surface area contributed by atoms with Gasteiger partial charge in [0.05, 0.1) is 0 Å². The number of aromatic nitrogens is 2. The summed E-state index contributed by atoms with van der Waals surface area (Å²) in [6, 6.07) is 5.51. The molecule has 2 aromatic rings. The van der Waals surface area contributed by atoms with Crippen LogP contribution in [-0.4, -0.2) is 33.3 Å². The lowest BCUT2D eigenvalue weighted by Gasteiger charge is -2.07. The predicted molar refractivity (Wildman–Crippen MR) is 82.2 cm³/mol. The molecule has 1 aromatic heterocycles. The first kappa shape index (κ1) is 17.0. The molecule has 8 nitrogen and oxygen atoms in total. The summed E-state index contributed by atoms with van der Waals surface area (Å²) < 4.78 is 13.2. The second-order valence-corrected chi connectivity index (χ2v) is 4.83. The van der Waals surface area contributed by atoms with E-state index in [0.29, 0.717) is 17.5 Å². The number of aromatic carboxylic acids is 1. The van der Waals surface area contributed by atoms with Crippen LogP contribution in [0.4, 0.5) is 4.39 Å². The summed E-state index contributed by atoms with van der Waals surface area (Å²) in [7, 11) is 0. The van der Waals surface area contributed by atoms with Gasteiger partial charge in [-0.2, -0.15) is 0 Å². The number of carboxylic acid groups (broad SMARTS) is 1. The summed E-state index contributed by atoms with van der Waals surface area (Å²) >= 11 is 0. The van der Waals surface area contributed by atoms with E-state index in [4.69, 9.17) is 10.5 Å². The molecule has 0 fully saturated rings. The van der Waals surface area contributed by atoms with Crippen molar-refractivity contribution in [1.29, 1.82) is 5.41 Å². The smallest absolute Gasteiger partial charge is 0.354 e. The van der Waals surface area contributed by atoms with Crippen LogP contribution < -0.4 is 10.9 Å². The van der Waals surface area contributed by atoms with Crippen LogP contribution >= 0.6 is 0 Å². The molecule has 9 heteroatoms. The summed E-state index contributed by atoms with van der Waals surface area (Å²) in [6.07, 6.45) is 0.674. The molecule has 124 valence electrons. The molecule has 0 saturated carbocycles. The highest BCUT2D eigenvalue weighted by Crippen LogP contribution is 2.09. The minimum absolute atomic E-state index is 0.0677. The van der Waals surface area contributed by atoms with Crippen molar-refractivity contribution in [3.63, 3.8) is 0 Å². The zero-order valence-electron chi connectivity index (χ0n) is 12.6. The summed E-state index contributed by atoms with van der Waals surface area (Å²) in [4.78, 5) is 32.9. The first-order chi connectivity index (χ1) is 11.4. The van der Waals surface area contributed by atoms with Gasteiger partial charge >= 0.3 is 5.97 Å². The largest absolute Gasteiger partial charge is 0.477 e. The molecule has 0 spiro atoms. The fraction of sp³-hybridized carbons (Fsp3) is 0.133.